The number of nitrogens with zero attached hydrogens (tertiary/aromatic N) is 3. The van der Waals surface area contributed by atoms with Crippen LogP contribution in [0.1, 0.15) is 45.6 Å². The molecule has 3 aromatic rings. The van der Waals surface area contributed by atoms with Crippen LogP contribution in [0.2, 0.25) is 5.02 Å². The standard InChI is InChI=1S/C25H26ClN3O2/c1-17-5-2-3-6-19(17)10-13-23-22(24(30)31)16-27-25(28-23)29-14-4-7-21(29)15-18-8-11-20(26)12-9-18/h2-3,5-6,8-9,11-12,16,21H,4,7,10,13-15H2,1H3,(H,30,31)/t21-/m1/s1. The molecule has 1 aromatic heterocycles. The molecule has 0 bridgehead atoms. The van der Waals surface area contributed by atoms with Gasteiger partial charge >= 0.3 is 5.97 Å². The van der Waals surface area contributed by atoms with Crippen LogP contribution in [0, 0.1) is 6.92 Å². The summed E-state index contributed by atoms with van der Waals surface area (Å²) in [6.45, 7) is 2.95. The van der Waals surface area contributed by atoms with Crippen molar-refractivity contribution < 1.29 is 9.90 Å². The minimum absolute atomic E-state index is 0.186. The molecule has 0 amide bonds. The molecular formula is C25H26ClN3O2. The molecule has 0 spiro atoms. The molecule has 1 aliphatic rings. The maximum Gasteiger partial charge on any atom is 0.339 e. The van der Waals surface area contributed by atoms with E-state index in [-0.39, 0.29) is 5.56 Å². The summed E-state index contributed by atoms with van der Waals surface area (Å²) in [7, 11) is 0. The fourth-order valence-corrected chi connectivity index (χ4v) is 4.39. The number of hydrogen-bond acceptors (Lipinski definition) is 4. The Kier molecular flexibility index (Phi) is 6.52. The maximum absolute atomic E-state index is 11.8. The second-order valence-electron chi connectivity index (χ2n) is 8.08. The number of carboxylic acids is 1. The Labute approximate surface area is 187 Å². The average Bonchev–Trinajstić information content (AvgIpc) is 3.22. The van der Waals surface area contributed by atoms with E-state index in [1.165, 1.54) is 22.9 Å². The Balaban J connectivity index is 1.56. The number of aromatic nitrogens is 2. The number of anilines is 1. The van der Waals surface area contributed by atoms with Gasteiger partial charge in [0.25, 0.3) is 0 Å². The summed E-state index contributed by atoms with van der Waals surface area (Å²) < 4.78 is 0. The van der Waals surface area contributed by atoms with Gasteiger partial charge in [0.2, 0.25) is 5.95 Å². The van der Waals surface area contributed by atoms with Gasteiger partial charge in [-0.3, -0.25) is 0 Å². The molecule has 2 aromatic carbocycles. The summed E-state index contributed by atoms with van der Waals surface area (Å²) in [5.74, 6) is -0.355. The lowest BCUT2D eigenvalue weighted by molar-refractivity contribution is 0.0694. The maximum atomic E-state index is 11.8. The quantitative estimate of drug-likeness (QED) is 0.557. The van der Waals surface area contributed by atoms with Crippen LogP contribution in [0.3, 0.4) is 0 Å². The van der Waals surface area contributed by atoms with E-state index in [0.717, 1.165) is 37.3 Å². The van der Waals surface area contributed by atoms with Crippen LogP contribution in [0.5, 0.6) is 0 Å². The van der Waals surface area contributed by atoms with E-state index >= 15 is 0 Å². The van der Waals surface area contributed by atoms with Crippen LogP contribution < -0.4 is 4.90 Å². The topological polar surface area (TPSA) is 66.3 Å². The van der Waals surface area contributed by atoms with Gasteiger partial charge in [0.1, 0.15) is 0 Å². The van der Waals surface area contributed by atoms with Crippen LogP contribution in [-0.4, -0.2) is 33.6 Å². The summed E-state index contributed by atoms with van der Waals surface area (Å²) in [6, 6.07) is 16.4. The molecule has 1 N–H and O–H groups in total. The van der Waals surface area contributed by atoms with E-state index in [2.05, 4.69) is 41.1 Å². The normalized spacial score (nSPS) is 15.9. The molecule has 5 nitrogen and oxygen atoms in total. The summed E-state index contributed by atoms with van der Waals surface area (Å²) in [5.41, 5.74) is 4.42. The first-order chi connectivity index (χ1) is 15.0. The Bertz CT molecular complexity index is 1070. The van der Waals surface area contributed by atoms with Crippen LogP contribution in [0.4, 0.5) is 5.95 Å². The molecule has 0 radical (unpaired) electrons. The number of rotatable bonds is 7. The summed E-state index contributed by atoms with van der Waals surface area (Å²) >= 11 is 6.02. The predicted octanol–water partition coefficient (Wildman–Crippen LogP) is 5.13. The van der Waals surface area contributed by atoms with Gasteiger partial charge in [-0.05, 0) is 67.9 Å². The number of aromatic carboxylic acids is 1. The van der Waals surface area contributed by atoms with E-state index in [1.54, 1.807) is 0 Å². The van der Waals surface area contributed by atoms with Crippen molar-refractivity contribution in [1.29, 1.82) is 0 Å². The fourth-order valence-electron chi connectivity index (χ4n) is 4.26. The molecule has 160 valence electrons. The van der Waals surface area contributed by atoms with E-state index < -0.39 is 5.97 Å². The largest absolute Gasteiger partial charge is 0.478 e. The van der Waals surface area contributed by atoms with Gasteiger partial charge in [-0.1, -0.05) is 48.0 Å². The van der Waals surface area contributed by atoms with E-state index in [9.17, 15) is 9.90 Å². The molecule has 4 rings (SSSR count). The van der Waals surface area contributed by atoms with Crippen molar-refractivity contribution >= 4 is 23.5 Å². The summed E-state index contributed by atoms with van der Waals surface area (Å²) in [6.07, 6.45) is 5.80. The third-order valence-corrected chi connectivity index (χ3v) is 6.25. The van der Waals surface area contributed by atoms with Crippen molar-refractivity contribution in [3.8, 4) is 0 Å². The monoisotopic (exact) mass is 435 g/mol. The zero-order chi connectivity index (χ0) is 21.8. The number of carboxylic acid groups (broad SMARTS) is 1. The summed E-state index contributed by atoms with van der Waals surface area (Å²) in [4.78, 5) is 23.2. The van der Waals surface area contributed by atoms with Crippen LogP contribution in [-0.2, 0) is 19.3 Å². The number of carbonyl (C=O) groups is 1. The highest BCUT2D eigenvalue weighted by Gasteiger charge is 2.28. The van der Waals surface area contributed by atoms with Crippen LogP contribution in [0.25, 0.3) is 0 Å². The van der Waals surface area contributed by atoms with Gasteiger partial charge in [0, 0.05) is 23.8 Å². The van der Waals surface area contributed by atoms with Crippen LogP contribution >= 0.6 is 11.6 Å². The minimum Gasteiger partial charge on any atom is -0.478 e. The SMILES string of the molecule is Cc1ccccc1CCc1nc(N2CCC[C@@H]2Cc2ccc(Cl)cc2)ncc1C(=O)O. The molecule has 0 aliphatic carbocycles. The van der Waals surface area contributed by atoms with E-state index in [4.69, 9.17) is 16.6 Å². The molecule has 1 saturated heterocycles. The molecule has 1 atom stereocenters. The zero-order valence-corrected chi connectivity index (χ0v) is 18.3. The molecular weight excluding hydrogens is 410 g/mol. The number of aryl methyl sites for hydroxylation is 3. The van der Waals surface area contributed by atoms with Crippen molar-refractivity contribution in [2.24, 2.45) is 0 Å². The van der Waals surface area contributed by atoms with Gasteiger partial charge in [-0.2, -0.15) is 0 Å². The van der Waals surface area contributed by atoms with Crippen molar-refractivity contribution in [3.63, 3.8) is 0 Å². The predicted molar refractivity (Wildman–Crippen MR) is 123 cm³/mol. The smallest absolute Gasteiger partial charge is 0.339 e. The minimum atomic E-state index is -0.981. The Hall–Kier alpha value is -2.92. The van der Waals surface area contributed by atoms with Crippen molar-refractivity contribution in [2.45, 2.75) is 45.1 Å². The van der Waals surface area contributed by atoms with E-state index in [0.29, 0.717) is 24.1 Å². The van der Waals surface area contributed by atoms with Crippen molar-refractivity contribution in [3.05, 3.63) is 87.7 Å². The number of halogens is 1. The van der Waals surface area contributed by atoms with Crippen LogP contribution in [0.15, 0.2) is 54.7 Å². The first-order valence-corrected chi connectivity index (χ1v) is 11.0. The molecule has 31 heavy (non-hydrogen) atoms. The van der Waals surface area contributed by atoms with Gasteiger partial charge < -0.3 is 10.0 Å². The summed E-state index contributed by atoms with van der Waals surface area (Å²) in [5, 5.41) is 10.4. The molecule has 0 saturated carbocycles. The first kappa shape index (κ1) is 21.3. The van der Waals surface area contributed by atoms with Gasteiger partial charge in [0.15, 0.2) is 0 Å². The van der Waals surface area contributed by atoms with Gasteiger partial charge in [0.05, 0.1) is 11.3 Å². The fraction of sp³-hybridized carbons (Fsp3) is 0.320. The van der Waals surface area contributed by atoms with E-state index in [1.807, 2.05) is 24.3 Å². The molecule has 2 heterocycles. The highest BCUT2D eigenvalue weighted by atomic mass is 35.5. The average molecular weight is 436 g/mol. The number of benzene rings is 2. The highest BCUT2D eigenvalue weighted by molar-refractivity contribution is 6.30. The highest BCUT2D eigenvalue weighted by Crippen LogP contribution is 2.27. The van der Waals surface area contributed by atoms with Gasteiger partial charge in [-0.25, -0.2) is 14.8 Å². The Morgan fingerprint density at radius 3 is 2.68 bits per heavy atom. The van der Waals surface area contributed by atoms with Gasteiger partial charge in [-0.15, -0.1) is 0 Å². The first-order valence-electron chi connectivity index (χ1n) is 10.7. The third kappa shape index (κ3) is 5.05. The Morgan fingerprint density at radius 2 is 1.94 bits per heavy atom. The third-order valence-electron chi connectivity index (χ3n) is 6.00. The molecule has 1 aliphatic heterocycles. The van der Waals surface area contributed by atoms with Crippen molar-refractivity contribution in [1.82, 2.24) is 9.97 Å². The zero-order valence-electron chi connectivity index (χ0n) is 17.6. The number of hydrogen-bond donors (Lipinski definition) is 1. The lowest BCUT2D eigenvalue weighted by Gasteiger charge is -2.25. The molecule has 6 heteroatoms. The lowest BCUT2D eigenvalue weighted by Crippen LogP contribution is -2.33. The lowest BCUT2D eigenvalue weighted by atomic mass is 10.0. The van der Waals surface area contributed by atoms with Crippen molar-refractivity contribution in [2.75, 3.05) is 11.4 Å². The molecule has 0 unspecified atom stereocenters. The second kappa shape index (κ2) is 9.48. The molecule has 1 fully saturated rings. The Morgan fingerprint density at radius 1 is 1.16 bits per heavy atom. The second-order valence-corrected chi connectivity index (χ2v) is 8.52.